The van der Waals surface area contributed by atoms with Crippen molar-refractivity contribution in [3.8, 4) is 6.07 Å². The lowest BCUT2D eigenvalue weighted by molar-refractivity contribution is 0.522. The van der Waals surface area contributed by atoms with Crippen molar-refractivity contribution in [3.05, 3.63) is 232 Å². The molecule has 6 aromatic carbocycles. The van der Waals surface area contributed by atoms with E-state index in [1.54, 1.807) is 0 Å². The highest BCUT2D eigenvalue weighted by Gasteiger charge is 2.46. The van der Waals surface area contributed by atoms with Crippen molar-refractivity contribution in [2.45, 2.75) is 27.7 Å². The summed E-state index contributed by atoms with van der Waals surface area (Å²) in [6.45, 7) is 17.0. The summed E-state index contributed by atoms with van der Waals surface area (Å²) in [6, 6.07) is 47.5. The Hall–Kier alpha value is -8.32. The Balaban J connectivity index is 1.11. The molecular weight excluding hydrogens is 809 g/mol. The van der Waals surface area contributed by atoms with Gasteiger partial charge >= 0.3 is 0 Å². The van der Waals surface area contributed by atoms with Gasteiger partial charge in [0.15, 0.2) is 16.9 Å². The molecule has 0 N–H and O–H groups in total. The molecule has 0 bridgehead atoms. The van der Waals surface area contributed by atoms with Crippen LogP contribution >= 0.6 is 0 Å². The van der Waals surface area contributed by atoms with Gasteiger partial charge in [-0.2, -0.15) is 5.26 Å². The number of anilines is 4. The second kappa shape index (κ2) is 15.2. The van der Waals surface area contributed by atoms with Gasteiger partial charge in [0.05, 0.1) is 41.0 Å². The number of fused-ring (bicyclic) bond motifs is 6. The molecule has 0 saturated carbocycles. The first kappa shape index (κ1) is 39.3. The highest BCUT2D eigenvalue weighted by Crippen LogP contribution is 2.58. The van der Waals surface area contributed by atoms with Gasteiger partial charge in [-0.3, -0.25) is 0 Å². The van der Waals surface area contributed by atoms with Crippen molar-refractivity contribution in [3.63, 3.8) is 0 Å². The highest BCUT2D eigenvalue weighted by molar-refractivity contribution is 6.11. The molecule has 66 heavy (non-hydrogen) atoms. The van der Waals surface area contributed by atoms with Crippen LogP contribution in [0.4, 0.5) is 28.4 Å². The molecule has 8 aromatic rings. The van der Waals surface area contributed by atoms with Crippen LogP contribution in [-0.4, -0.2) is 0 Å². The fraction of sp³-hybridized carbons (Fsp3) is 0.133. The number of rotatable bonds is 8. The average Bonchev–Trinajstić information content (AvgIpc) is 3.94. The number of allylic oxidation sites excluding steroid dienone is 12. The van der Waals surface area contributed by atoms with Crippen molar-refractivity contribution in [1.29, 1.82) is 5.26 Å². The topological polar surface area (TPSA) is 60.9 Å². The van der Waals surface area contributed by atoms with Gasteiger partial charge in [-0.1, -0.05) is 125 Å². The van der Waals surface area contributed by atoms with Gasteiger partial charge in [0.1, 0.15) is 11.2 Å². The maximum absolute atomic E-state index is 9.90. The summed E-state index contributed by atoms with van der Waals surface area (Å²) in [4.78, 5) is 8.47. The standard InChI is InChI=1S/C60H44N4O2/c1-35(2)49-32-53(63(39-24-20-37(34-61)21-25-39)51-16-10-14-45-41-12-6-8-18-55(41)65-59(45)51)47-30-28-44-50(36(3)4)33-54(48-31-29-43(49)57(47)58(44)48)64(40-26-22-38(62-5)23-27-40)52-17-11-15-46-42-13-7-9-19-56(42)66-60(46)52/h6-33,35-36,57-58H,1-4H3. The monoisotopic (exact) mass is 852 g/mol. The molecule has 316 valence electrons. The predicted octanol–water partition coefficient (Wildman–Crippen LogP) is 16.3. The van der Waals surface area contributed by atoms with Crippen LogP contribution in [0.2, 0.25) is 0 Å². The third kappa shape index (κ3) is 5.92. The van der Waals surface area contributed by atoms with E-state index in [-0.39, 0.29) is 23.7 Å². The first-order chi connectivity index (χ1) is 32.3. The summed E-state index contributed by atoms with van der Waals surface area (Å²) in [5.74, 6) is 0.420. The predicted molar refractivity (Wildman–Crippen MR) is 268 cm³/mol. The van der Waals surface area contributed by atoms with Crippen molar-refractivity contribution >= 4 is 72.3 Å². The molecule has 4 aliphatic carbocycles. The zero-order chi connectivity index (χ0) is 44.8. The second-order valence-corrected chi connectivity index (χ2v) is 18.2. The number of benzene rings is 6. The zero-order valence-electron chi connectivity index (χ0n) is 37.1. The molecule has 2 aromatic heterocycles. The summed E-state index contributed by atoms with van der Waals surface area (Å²) < 4.78 is 13.6. The maximum atomic E-state index is 9.90. The molecular formula is C60H44N4O2. The van der Waals surface area contributed by atoms with Gasteiger partial charge in [-0.25, -0.2) is 4.85 Å². The van der Waals surface area contributed by atoms with E-state index in [4.69, 9.17) is 15.4 Å². The van der Waals surface area contributed by atoms with E-state index in [1.165, 1.54) is 33.4 Å². The highest BCUT2D eigenvalue weighted by atomic mass is 16.3. The van der Waals surface area contributed by atoms with Crippen LogP contribution in [0, 0.1) is 41.6 Å². The van der Waals surface area contributed by atoms with Crippen molar-refractivity contribution in [2.75, 3.05) is 9.80 Å². The Morgan fingerprint density at radius 2 is 1.12 bits per heavy atom. The van der Waals surface area contributed by atoms with E-state index in [2.05, 4.69) is 170 Å². The first-order valence-electron chi connectivity index (χ1n) is 22.7. The first-order valence-corrected chi connectivity index (χ1v) is 22.7. The smallest absolute Gasteiger partial charge is 0.187 e. The van der Waals surface area contributed by atoms with E-state index in [1.807, 2.05) is 48.5 Å². The number of hydrogen-bond donors (Lipinski definition) is 0. The lowest BCUT2D eigenvalue weighted by Crippen LogP contribution is -2.38. The molecule has 6 nitrogen and oxygen atoms in total. The van der Waals surface area contributed by atoms with Gasteiger partial charge in [-0.05, 0) is 118 Å². The Morgan fingerprint density at radius 3 is 1.73 bits per heavy atom. The van der Waals surface area contributed by atoms with Gasteiger partial charge in [-0.15, -0.1) is 0 Å². The fourth-order valence-corrected chi connectivity index (χ4v) is 10.9. The molecule has 2 unspecified atom stereocenters. The SMILES string of the molecule is [C-]#[N+]c1ccc(N(C2=CC(C(C)C)=C3C=CC4=C(N(c5ccc(C#N)cc5)c5cccc6c5oc5ccccc56)C=C(C(C)C)C5=CC=C2C3C54)c2cccc3c2oc2ccccc23)cc1. The third-order valence-electron chi connectivity index (χ3n) is 13.9. The quantitative estimate of drug-likeness (QED) is 0.143. The lowest BCUT2D eigenvalue weighted by Gasteiger charge is -2.48. The van der Waals surface area contributed by atoms with Gasteiger partial charge in [0, 0.05) is 44.8 Å². The Labute approximate surface area is 383 Å². The van der Waals surface area contributed by atoms with Crippen LogP contribution < -0.4 is 9.80 Å². The summed E-state index contributed by atoms with van der Waals surface area (Å²) in [6.07, 6.45) is 14.3. The van der Waals surface area contributed by atoms with Gasteiger partial charge in [0.25, 0.3) is 0 Å². The molecule has 0 aliphatic heterocycles. The van der Waals surface area contributed by atoms with Crippen LogP contribution in [-0.2, 0) is 0 Å². The normalized spacial score (nSPS) is 17.5. The summed E-state index contributed by atoms with van der Waals surface area (Å²) >= 11 is 0. The Kier molecular flexibility index (Phi) is 9.02. The number of nitrogens with zero attached hydrogens (tertiary/aromatic N) is 4. The number of furan rings is 2. The van der Waals surface area contributed by atoms with Crippen LogP contribution in [0.3, 0.4) is 0 Å². The summed E-state index contributed by atoms with van der Waals surface area (Å²) in [7, 11) is 0. The summed E-state index contributed by atoms with van der Waals surface area (Å²) in [5, 5.41) is 14.2. The second-order valence-electron chi connectivity index (χ2n) is 18.2. The molecule has 2 atom stereocenters. The molecule has 0 fully saturated rings. The molecule has 0 spiro atoms. The van der Waals surface area contributed by atoms with E-state index in [9.17, 15) is 5.26 Å². The molecule has 2 heterocycles. The molecule has 0 saturated heterocycles. The van der Waals surface area contributed by atoms with Crippen molar-refractivity contribution < 1.29 is 8.83 Å². The Morgan fingerprint density at radius 1 is 0.576 bits per heavy atom. The van der Waals surface area contributed by atoms with E-state index in [0.29, 0.717) is 11.3 Å². The average molecular weight is 853 g/mol. The van der Waals surface area contributed by atoms with Crippen molar-refractivity contribution in [2.24, 2.45) is 23.7 Å². The number of para-hydroxylation sites is 4. The lowest BCUT2D eigenvalue weighted by atomic mass is 9.59. The maximum Gasteiger partial charge on any atom is 0.187 e. The van der Waals surface area contributed by atoms with Gasteiger partial charge < -0.3 is 18.6 Å². The molecule has 0 amide bonds. The van der Waals surface area contributed by atoms with Crippen LogP contribution in [0.15, 0.2) is 224 Å². The fourth-order valence-electron chi connectivity index (χ4n) is 10.9. The zero-order valence-corrected chi connectivity index (χ0v) is 37.1. The minimum atomic E-state index is -0.0102. The number of nitriles is 1. The summed E-state index contributed by atoms with van der Waals surface area (Å²) in [5.41, 5.74) is 18.1. The minimum Gasteiger partial charge on any atom is -0.454 e. The molecule has 6 heteroatoms. The molecule has 12 rings (SSSR count). The van der Waals surface area contributed by atoms with Crippen molar-refractivity contribution in [1.82, 2.24) is 0 Å². The minimum absolute atomic E-state index is 0.00968. The molecule has 4 aliphatic rings. The third-order valence-corrected chi connectivity index (χ3v) is 13.9. The van der Waals surface area contributed by atoms with E-state index in [0.717, 1.165) is 78.0 Å². The van der Waals surface area contributed by atoms with Gasteiger partial charge in [0.2, 0.25) is 0 Å². The Bertz CT molecular complexity index is 3680. The van der Waals surface area contributed by atoms with E-state index >= 15 is 0 Å². The van der Waals surface area contributed by atoms with Crippen LogP contribution in [0.25, 0.3) is 48.7 Å². The van der Waals surface area contributed by atoms with Crippen LogP contribution in [0.1, 0.15) is 33.3 Å². The molecule has 0 radical (unpaired) electrons. The van der Waals surface area contributed by atoms with Crippen LogP contribution in [0.5, 0.6) is 0 Å². The number of hydrogen-bond acceptors (Lipinski definition) is 5. The van der Waals surface area contributed by atoms with E-state index < -0.39 is 0 Å². The largest absolute Gasteiger partial charge is 0.454 e.